The van der Waals surface area contributed by atoms with Gasteiger partial charge in [0.05, 0.1) is 6.61 Å². The van der Waals surface area contributed by atoms with Crippen LogP contribution >= 0.6 is 11.6 Å². The molecular weight excluding hydrogens is 288 g/mol. The van der Waals surface area contributed by atoms with Crippen molar-refractivity contribution in [3.8, 4) is 0 Å². The molecule has 2 aromatic rings. The van der Waals surface area contributed by atoms with Gasteiger partial charge in [0.25, 0.3) is 5.91 Å². The molecule has 2 N–H and O–H groups in total. The number of rotatable bonds is 4. The van der Waals surface area contributed by atoms with Crippen LogP contribution in [0.2, 0.25) is 5.02 Å². The summed E-state index contributed by atoms with van der Waals surface area (Å²) in [5, 5.41) is 6.71. The predicted molar refractivity (Wildman–Crippen MR) is 83.6 cm³/mol. The largest absolute Gasteiger partial charge is 0.380 e. The van der Waals surface area contributed by atoms with Gasteiger partial charge in [-0.25, -0.2) is 0 Å². The first kappa shape index (κ1) is 13.9. The molecule has 1 heterocycles. The third kappa shape index (κ3) is 2.86. The third-order valence-corrected chi connectivity index (χ3v) is 3.63. The highest BCUT2D eigenvalue weighted by molar-refractivity contribution is 6.31. The van der Waals surface area contributed by atoms with Gasteiger partial charge in [0.1, 0.15) is 6.04 Å². The molecule has 0 saturated carbocycles. The molecule has 0 bridgehead atoms. The highest BCUT2D eigenvalue weighted by atomic mass is 35.5. The maximum absolute atomic E-state index is 12.1. The second kappa shape index (κ2) is 5.76. The minimum Gasteiger partial charge on any atom is -0.380 e. The van der Waals surface area contributed by atoms with Crippen molar-refractivity contribution < 1.29 is 9.53 Å². The van der Waals surface area contributed by atoms with Gasteiger partial charge < -0.3 is 15.4 Å². The molecule has 3 rings (SSSR count). The summed E-state index contributed by atoms with van der Waals surface area (Å²) in [4.78, 5) is 12.1. The number of carbonyl (C=O) groups excluding carboxylic acids is 1. The van der Waals surface area contributed by atoms with Gasteiger partial charge in [-0.05, 0) is 35.9 Å². The van der Waals surface area contributed by atoms with Crippen molar-refractivity contribution >= 4 is 28.9 Å². The fourth-order valence-corrected chi connectivity index (χ4v) is 2.64. The van der Waals surface area contributed by atoms with E-state index in [1.165, 1.54) is 0 Å². The molecule has 0 aromatic heterocycles. The summed E-state index contributed by atoms with van der Waals surface area (Å²) in [6.07, 6.45) is 0. The Labute approximate surface area is 128 Å². The maximum Gasteiger partial charge on any atom is 0.251 e. The lowest BCUT2D eigenvalue weighted by molar-refractivity contribution is -0.116. The van der Waals surface area contributed by atoms with Gasteiger partial charge in [-0.1, -0.05) is 23.7 Å². The first-order valence-electron chi connectivity index (χ1n) is 6.62. The monoisotopic (exact) mass is 302 g/mol. The number of hydrogen-bond acceptors (Lipinski definition) is 3. The molecule has 0 saturated heterocycles. The molecule has 0 aliphatic carbocycles. The van der Waals surface area contributed by atoms with E-state index in [-0.39, 0.29) is 5.91 Å². The molecule has 1 unspecified atom stereocenters. The minimum atomic E-state index is -0.434. The van der Waals surface area contributed by atoms with Gasteiger partial charge in [-0.15, -0.1) is 0 Å². The van der Waals surface area contributed by atoms with Crippen LogP contribution in [0.4, 0.5) is 11.4 Å². The summed E-state index contributed by atoms with van der Waals surface area (Å²) in [6.45, 7) is 0.537. The Balaban J connectivity index is 1.87. The van der Waals surface area contributed by atoms with Crippen molar-refractivity contribution in [1.82, 2.24) is 0 Å². The summed E-state index contributed by atoms with van der Waals surface area (Å²) < 4.78 is 5.12. The van der Waals surface area contributed by atoms with E-state index in [9.17, 15) is 4.79 Å². The Morgan fingerprint density at radius 1 is 1.29 bits per heavy atom. The van der Waals surface area contributed by atoms with E-state index in [0.717, 1.165) is 22.5 Å². The Kier molecular flexibility index (Phi) is 3.82. The van der Waals surface area contributed by atoms with E-state index >= 15 is 0 Å². The third-order valence-electron chi connectivity index (χ3n) is 3.39. The number of anilines is 2. The number of halogens is 1. The minimum absolute atomic E-state index is 0.0792. The molecule has 5 heteroatoms. The maximum atomic E-state index is 12.1. The second-order valence-electron chi connectivity index (χ2n) is 4.93. The molecule has 1 atom stereocenters. The van der Waals surface area contributed by atoms with Crippen LogP contribution < -0.4 is 10.6 Å². The molecule has 1 aliphatic heterocycles. The standard InChI is InChI=1S/C16H15ClN2O2/c1-21-9-10-3-2-4-12(7-10)18-15-13-8-11(17)5-6-14(13)19-16(15)20/h2-8,15,18H,9H2,1H3,(H,19,20). The molecule has 0 fully saturated rings. The fraction of sp³-hybridized carbons (Fsp3) is 0.188. The number of carbonyl (C=O) groups is 1. The van der Waals surface area contributed by atoms with Gasteiger partial charge >= 0.3 is 0 Å². The lowest BCUT2D eigenvalue weighted by Gasteiger charge is -2.14. The van der Waals surface area contributed by atoms with Gasteiger partial charge in [-0.3, -0.25) is 4.79 Å². The first-order valence-corrected chi connectivity index (χ1v) is 7.00. The average Bonchev–Trinajstić information content (AvgIpc) is 2.76. The van der Waals surface area contributed by atoms with Crippen LogP contribution in [-0.2, 0) is 16.1 Å². The summed E-state index contributed by atoms with van der Waals surface area (Å²) in [7, 11) is 1.66. The van der Waals surface area contributed by atoms with Crippen molar-refractivity contribution in [2.75, 3.05) is 17.7 Å². The zero-order chi connectivity index (χ0) is 14.8. The smallest absolute Gasteiger partial charge is 0.251 e. The number of hydrogen-bond donors (Lipinski definition) is 2. The molecule has 1 aliphatic rings. The van der Waals surface area contributed by atoms with E-state index in [2.05, 4.69) is 10.6 Å². The van der Waals surface area contributed by atoms with E-state index < -0.39 is 6.04 Å². The Hall–Kier alpha value is -2.04. The zero-order valence-corrected chi connectivity index (χ0v) is 12.3. The zero-order valence-electron chi connectivity index (χ0n) is 11.5. The molecule has 0 radical (unpaired) electrons. The first-order chi connectivity index (χ1) is 10.2. The number of ether oxygens (including phenoxy) is 1. The number of methoxy groups -OCH3 is 1. The summed E-state index contributed by atoms with van der Waals surface area (Å²) in [5.74, 6) is -0.0792. The van der Waals surface area contributed by atoms with Crippen molar-refractivity contribution in [3.05, 3.63) is 58.6 Å². The van der Waals surface area contributed by atoms with Gasteiger partial charge in [0.2, 0.25) is 0 Å². The van der Waals surface area contributed by atoms with Gasteiger partial charge in [0.15, 0.2) is 0 Å². The SMILES string of the molecule is COCc1cccc(NC2C(=O)Nc3ccc(Cl)cc32)c1. The highest BCUT2D eigenvalue weighted by Crippen LogP contribution is 2.35. The van der Waals surface area contributed by atoms with Crippen LogP contribution in [-0.4, -0.2) is 13.0 Å². The van der Waals surface area contributed by atoms with Crippen molar-refractivity contribution in [1.29, 1.82) is 0 Å². The van der Waals surface area contributed by atoms with Crippen LogP contribution in [0.5, 0.6) is 0 Å². The highest BCUT2D eigenvalue weighted by Gasteiger charge is 2.30. The van der Waals surface area contributed by atoms with Crippen LogP contribution in [0.15, 0.2) is 42.5 Å². The molecule has 0 spiro atoms. The quantitative estimate of drug-likeness (QED) is 0.907. The predicted octanol–water partition coefficient (Wildman–Crippen LogP) is 3.59. The number of benzene rings is 2. The molecule has 21 heavy (non-hydrogen) atoms. The van der Waals surface area contributed by atoms with Crippen LogP contribution in [0, 0.1) is 0 Å². The van der Waals surface area contributed by atoms with E-state index in [4.69, 9.17) is 16.3 Å². The molecule has 108 valence electrons. The van der Waals surface area contributed by atoms with Crippen LogP contribution in [0.3, 0.4) is 0 Å². The van der Waals surface area contributed by atoms with E-state index in [1.807, 2.05) is 36.4 Å². The van der Waals surface area contributed by atoms with E-state index in [1.54, 1.807) is 13.2 Å². The molecule has 4 nitrogen and oxygen atoms in total. The van der Waals surface area contributed by atoms with Crippen LogP contribution in [0.1, 0.15) is 17.2 Å². The Bertz CT molecular complexity index is 688. The topological polar surface area (TPSA) is 50.4 Å². The van der Waals surface area contributed by atoms with E-state index in [0.29, 0.717) is 11.6 Å². The molecule has 2 aromatic carbocycles. The molecular formula is C16H15ClN2O2. The van der Waals surface area contributed by atoms with Crippen molar-refractivity contribution in [2.45, 2.75) is 12.6 Å². The lowest BCUT2D eigenvalue weighted by Crippen LogP contribution is -2.19. The van der Waals surface area contributed by atoms with Crippen molar-refractivity contribution in [3.63, 3.8) is 0 Å². The number of nitrogens with one attached hydrogen (secondary N) is 2. The summed E-state index contributed by atoms with van der Waals surface area (Å²) >= 11 is 6.02. The second-order valence-corrected chi connectivity index (χ2v) is 5.37. The Morgan fingerprint density at radius 2 is 2.14 bits per heavy atom. The average molecular weight is 303 g/mol. The van der Waals surface area contributed by atoms with Crippen LogP contribution in [0.25, 0.3) is 0 Å². The van der Waals surface area contributed by atoms with Crippen molar-refractivity contribution in [2.24, 2.45) is 0 Å². The fourth-order valence-electron chi connectivity index (χ4n) is 2.46. The van der Waals surface area contributed by atoms with Gasteiger partial charge in [0, 0.05) is 29.1 Å². The number of fused-ring (bicyclic) bond motifs is 1. The lowest BCUT2D eigenvalue weighted by atomic mass is 10.1. The summed E-state index contributed by atoms with van der Waals surface area (Å²) in [5.41, 5.74) is 3.59. The summed E-state index contributed by atoms with van der Waals surface area (Å²) in [6, 6.07) is 12.8. The molecule has 1 amide bonds. The van der Waals surface area contributed by atoms with Gasteiger partial charge in [-0.2, -0.15) is 0 Å². The number of amides is 1. The Morgan fingerprint density at radius 3 is 2.95 bits per heavy atom. The normalized spacial score (nSPS) is 16.5.